The Morgan fingerprint density at radius 1 is 1.35 bits per heavy atom. The average Bonchev–Trinajstić information content (AvgIpc) is 2.42. The first kappa shape index (κ1) is 14.4. The Hall–Kier alpha value is -1.99. The van der Waals surface area contributed by atoms with Crippen molar-refractivity contribution in [2.75, 3.05) is 4.72 Å². The number of hydrogen-bond donors (Lipinski definition) is 2. The van der Waals surface area contributed by atoms with Crippen LogP contribution >= 0.6 is 0 Å². The summed E-state index contributed by atoms with van der Waals surface area (Å²) in [7, 11) is -3.93. The van der Waals surface area contributed by atoms with Gasteiger partial charge in [0.05, 0.1) is 11.4 Å². The van der Waals surface area contributed by atoms with E-state index < -0.39 is 15.8 Å². The van der Waals surface area contributed by atoms with Gasteiger partial charge in [-0.05, 0) is 36.8 Å². The van der Waals surface area contributed by atoms with Crippen molar-refractivity contribution in [1.82, 2.24) is 4.98 Å². The lowest BCUT2D eigenvalue weighted by Crippen LogP contribution is -2.18. The lowest BCUT2D eigenvalue weighted by atomic mass is 10.2. The number of rotatable bonds is 4. The van der Waals surface area contributed by atoms with E-state index in [4.69, 9.17) is 5.73 Å². The summed E-state index contributed by atoms with van der Waals surface area (Å²) in [5, 5.41) is 0. The Balaban J connectivity index is 2.43. The molecule has 0 unspecified atom stereocenters. The van der Waals surface area contributed by atoms with E-state index in [0.717, 1.165) is 5.56 Å². The van der Waals surface area contributed by atoms with Crippen molar-refractivity contribution in [3.8, 4) is 0 Å². The number of halogens is 1. The quantitative estimate of drug-likeness (QED) is 0.900. The van der Waals surface area contributed by atoms with E-state index in [0.29, 0.717) is 0 Å². The molecule has 5 nitrogen and oxygen atoms in total. The van der Waals surface area contributed by atoms with Gasteiger partial charge in [-0.25, -0.2) is 12.8 Å². The molecule has 20 heavy (non-hydrogen) atoms. The predicted octanol–water partition coefficient (Wildman–Crippen LogP) is 1.79. The largest absolute Gasteiger partial charge is 0.325 e. The third-order valence-corrected chi connectivity index (χ3v) is 4.14. The fourth-order valence-electron chi connectivity index (χ4n) is 1.74. The van der Waals surface area contributed by atoms with E-state index in [1.807, 2.05) is 0 Å². The van der Waals surface area contributed by atoms with Gasteiger partial charge in [-0.15, -0.1) is 0 Å². The molecule has 1 aromatic heterocycles. The molecule has 2 rings (SSSR count). The van der Waals surface area contributed by atoms with Gasteiger partial charge in [-0.2, -0.15) is 0 Å². The van der Waals surface area contributed by atoms with Crippen molar-refractivity contribution in [3.05, 3.63) is 53.6 Å². The highest BCUT2D eigenvalue weighted by molar-refractivity contribution is 7.92. The van der Waals surface area contributed by atoms with Gasteiger partial charge in [-0.3, -0.25) is 9.71 Å². The van der Waals surface area contributed by atoms with Crippen LogP contribution < -0.4 is 10.5 Å². The molecular formula is C13H14FN3O2S. The molecule has 0 bridgehead atoms. The zero-order valence-corrected chi connectivity index (χ0v) is 11.6. The molecule has 0 saturated heterocycles. The smallest absolute Gasteiger partial charge is 0.263 e. The molecule has 0 atom stereocenters. The van der Waals surface area contributed by atoms with Gasteiger partial charge in [0.2, 0.25) is 0 Å². The lowest BCUT2D eigenvalue weighted by molar-refractivity contribution is 0.596. The number of pyridine rings is 1. The Labute approximate surface area is 116 Å². The maximum Gasteiger partial charge on any atom is 0.263 e. The van der Waals surface area contributed by atoms with Crippen LogP contribution in [0.2, 0.25) is 0 Å². The summed E-state index contributed by atoms with van der Waals surface area (Å²) in [4.78, 5) is 3.85. The van der Waals surface area contributed by atoms with Gasteiger partial charge in [0.25, 0.3) is 10.0 Å². The predicted molar refractivity (Wildman–Crippen MR) is 74.1 cm³/mol. The molecule has 1 heterocycles. The molecule has 0 aliphatic heterocycles. The van der Waals surface area contributed by atoms with E-state index >= 15 is 0 Å². The molecule has 2 aromatic rings. The number of sulfonamides is 1. The van der Waals surface area contributed by atoms with E-state index in [2.05, 4.69) is 9.71 Å². The fraction of sp³-hybridized carbons (Fsp3) is 0.154. The van der Waals surface area contributed by atoms with Gasteiger partial charge in [0.15, 0.2) is 0 Å². The van der Waals surface area contributed by atoms with Crippen LogP contribution in [-0.4, -0.2) is 13.4 Å². The topological polar surface area (TPSA) is 85.1 Å². The molecular weight excluding hydrogens is 281 g/mol. The van der Waals surface area contributed by atoms with Crippen LogP contribution in [0.3, 0.4) is 0 Å². The molecule has 0 amide bonds. The van der Waals surface area contributed by atoms with E-state index in [-0.39, 0.29) is 22.8 Å². The third kappa shape index (κ3) is 2.94. The van der Waals surface area contributed by atoms with Gasteiger partial charge in [-0.1, -0.05) is 6.07 Å². The van der Waals surface area contributed by atoms with Crippen LogP contribution in [0, 0.1) is 12.7 Å². The van der Waals surface area contributed by atoms with Gasteiger partial charge in [0, 0.05) is 12.7 Å². The van der Waals surface area contributed by atoms with Gasteiger partial charge < -0.3 is 5.73 Å². The highest BCUT2D eigenvalue weighted by atomic mass is 32.2. The minimum absolute atomic E-state index is 0.0205. The molecule has 106 valence electrons. The molecule has 0 aliphatic rings. The number of nitrogens with two attached hydrogens (primary N) is 1. The summed E-state index contributed by atoms with van der Waals surface area (Å²) in [6.45, 7) is 1.72. The molecule has 0 radical (unpaired) electrons. The first-order chi connectivity index (χ1) is 9.44. The summed E-state index contributed by atoms with van der Waals surface area (Å²) in [6, 6.07) is 7.06. The Morgan fingerprint density at radius 2 is 2.10 bits per heavy atom. The van der Waals surface area contributed by atoms with E-state index in [1.165, 1.54) is 30.5 Å². The minimum Gasteiger partial charge on any atom is -0.325 e. The normalized spacial score (nSPS) is 11.3. The van der Waals surface area contributed by atoms with Crippen LogP contribution in [0.25, 0.3) is 0 Å². The number of aryl methyl sites for hydroxylation is 1. The zero-order valence-electron chi connectivity index (χ0n) is 10.8. The van der Waals surface area contributed by atoms with Crippen molar-refractivity contribution in [2.45, 2.75) is 18.4 Å². The number of anilines is 1. The molecule has 0 saturated carbocycles. The van der Waals surface area contributed by atoms with E-state index in [9.17, 15) is 12.8 Å². The van der Waals surface area contributed by atoms with Crippen molar-refractivity contribution < 1.29 is 12.8 Å². The first-order valence-electron chi connectivity index (χ1n) is 5.87. The first-order valence-corrected chi connectivity index (χ1v) is 7.35. The number of nitrogens with zero attached hydrogens (tertiary/aromatic N) is 1. The zero-order chi connectivity index (χ0) is 14.8. The standard InChI is InChI=1S/C13H14FN3O2S/c1-9-4-5-10(14)11(7-9)17-20(18,19)13-3-2-6-16-12(13)8-15/h2-7,17H,8,15H2,1H3. The SMILES string of the molecule is Cc1ccc(F)c(NS(=O)(=O)c2cccnc2CN)c1. The van der Waals surface area contributed by atoms with E-state index in [1.54, 1.807) is 13.0 Å². The monoisotopic (exact) mass is 295 g/mol. The number of aromatic nitrogens is 1. The molecule has 1 aromatic carbocycles. The van der Waals surface area contributed by atoms with Crippen LogP contribution in [0.15, 0.2) is 41.4 Å². The molecule has 0 spiro atoms. The van der Waals surface area contributed by atoms with Crippen molar-refractivity contribution in [2.24, 2.45) is 5.73 Å². The number of hydrogen-bond acceptors (Lipinski definition) is 4. The van der Waals surface area contributed by atoms with Crippen LogP contribution in [0.1, 0.15) is 11.3 Å². The number of nitrogens with one attached hydrogen (secondary N) is 1. The van der Waals surface area contributed by atoms with Crippen LogP contribution in [0.4, 0.5) is 10.1 Å². The molecule has 3 N–H and O–H groups in total. The van der Waals surface area contributed by atoms with Crippen molar-refractivity contribution in [1.29, 1.82) is 0 Å². The summed E-state index contributed by atoms with van der Waals surface area (Å²) < 4.78 is 40.4. The highest BCUT2D eigenvalue weighted by Crippen LogP contribution is 2.21. The summed E-state index contributed by atoms with van der Waals surface area (Å²) in [5.41, 5.74) is 6.34. The van der Waals surface area contributed by atoms with Gasteiger partial charge >= 0.3 is 0 Å². The number of benzene rings is 1. The Morgan fingerprint density at radius 3 is 2.80 bits per heavy atom. The Bertz CT molecular complexity index is 732. The summed E-state index contributed by atoms with van der Waals surface area (Å²) in [6.07, 6.45) is 1.45. The second-order valence-electron chi connectivity index (χ2n) is 4.24. The fourth-order valence-corrected chi connectivity index (χ4v) is 3.00. The van der Waals surface area contributed by atoms with Crippen LogP contribution in [0.5, 0.6) is 0 Å². The van der Waals surface area contributed by atoms with Crippen molar-refractivity contribution >= 4 is 15.7 Å². The maximum absolute atomic E-state index is 13.6. The summed E-state index contributed by atoms with van der Waals surface area (Å²) in [5.74, 6) is -0.641. The summed E-state index contributed by atoms with van der Waals surface area (Å²) >= 11 is 0. The van der Waals surface area contributed by atoms with Crippen LogP contribution in [-0.2, 0) is 16.6 Å². The lowest BCUT2D eigenvalue weighted by Gasteiger charge is -2.11. The molecule has 0 aliphatic carbocycles. The van der Waals surface area contributed by atoms with Gasteiger partial charge in [0.1, 0.15) is 10.7 Å². The maximum atomic E-state index is 13.6. The highest BCUT2D eigenvalue weighted by Gasteiger charge is 2.20. The third-order valence-electron chi connectivity index (χ3n) is 2.70. The van der Waals surface area contributed by atoms with Crippen molar-refractivity contribution in [3.63, 3.8) is 0 Å². The average molecular weight is 295 g/mol. The second-order valence-corrected chi connectivity index (χ2v) is 5.89. The Kier molecular flexibility index (Phi) is 4.01. The minimum atomic E-state index is -3.93. The second kappa shape index (κ2) is 5.56. The molecule has 7 heteroatoms. The molecule has 0 fully saturated rings.